The molecule has 1 atom stereocenters. The van der Waals surface area contributed by atoms with E-state index >= 15 is 0 Å². The predicted octanol–water partition coefficient (Wildman–Crippen LogP) is 1.83. The molecule has 2 N–H and O–H groups in total. The number of hydrogen-bond acceptors (Lipinski definition) is 4. The van der Waals surface area contributed by atoms with Gasteiger partial charge in [-0.1, -0.05) is 6.07 Å². The predicted molar refractivity (Wildman–Crippen MR) is 91.7 cm³/mol. The quantitative estimate of drug-likeness (QED) is 0.806. The molecule has 6 heteroatoms. The second kappa shape index (κ2) is 8.38. The van der Waals surface area contributed by atoms with Gasteiger partial charge in [-0.3, -0.25) is 9.59 Å². The van der Waals surface area contributed by atoms with Crippen LogP contribution in [0.1, 0.15) is 25.3 Å². The van der Waals surface area contributed by atoms with Crippen molar-refractivity contribution in [1.29, 1.82) is 0 Å². The van der Waals surface area contributed by atoms with Crippen LogP contribution in [-0.2, 0) is 9.59 Å². The fourth-order valence-corrected chi connectivity index (χ4v) is 2.75. The molecule has 1 saturated heterocycles. The van der Waals surface area contributed by atoms with Gasteiger partial charge in [0.2, 0.25) is 11.8 Å². The van der Waals surface area contributed by atoms with E-state index in [0.717, 1.165) is 18.4 Å². The van der Waals surface area contributed by atoms with Gasteiger partial charge in [0.1, 0.15) is 0 Å². The van der Waals surface area contributed by atoms with Gasteiger partial charge < -0.3 is 20.1 Å². The van der Waals surface area contributed by atoms with Crippen molar-refractivity contribution >= 4 is 17.9 Å². The van der Waals surface area contributed by atoms with E-state index in [9.17, 15) is 9.59 Å². The Hall–Kier alpha value is -2.50. The third-order valence-electron chi connectivity index (χ3n) is 4.04. The number of carbonyl (C=O) groups is 2. The Labute approximate surface area is 142 Å². The molecule has 2 rings (SSSR count). The van der Waals surface area contributed by atoms with Gasteiger partial charge in [0, 0.05) is 19.2 Å². The summed E-state index contributed by atoms with van der Waals surface area (Å²) in [6.07, 6.45) is 4.79. The molecule has 6 nitrogen and oxygen atoms in total. The number of piperidine rings is 1. The lowest BCUT2D eigenvalue weighted by molar-refractivity contribution is -0.130. The number of nitrogens with two attached hydrogens (primary N) is 1. The number of primary amides is 1. The molecule has 0 saturated carbocycles. The van der Waals surface area contributed by atoms with E-state index in [4.69, 9.17) is 15.2 Å². The van der Waals surface area contributed by atoms with Crippen LogP contribution in [0.25, 0.3) is 6.08 Å². The Morgan fingerprint density at radius 3 is 2.83 bits per heavy atom. The molecule has 0 bridgehead atoms. The highest BCUT2D eigenvalue weighted by Gasteiger charge is 2.25. The molecule has 1 unspecified atom stereocenters. The lowest BCUT2D eigenvalue weighted by Crippen LogP contribution is -2.43. The molecule has 130 valence electrons. The standard InChI is InChI=1S/C18H24N2O4/c1-3-24-16-11-13(6-8-15(16)23-2)7-9-17(21)20-10-4-5-14(12-20)18(19)22/h6-9,11,14H,3-5,10,12H2,1-2H3,(H2,19,22)/b9-7+. The number of rotatable bonds is 6. The Morgan fingerprint density at radius 1 is 1.38 bits per heavy atom. The van der Waals surface area contributed by atoms with E-state index in [1.165, 1.54) is 6.08 Å². The third kappa shape index (κ3) is 4.50. The molecule has 1 aliphatic rings. The van der Waals surface area contributed by atoms with Gasteiger partial charge in [0.25, 0.3) is 0 Å². The normalized spacial score (nSPS) is 17.8. The number of carbonyl (C=O) groups excluding carboxylic acids is 2. The van der Waals surface area contributed by atoms with Gasteiger partial charge >= 0.3 is 0 Å². The highest BCUT2D eigenvalue weighted by molar-refractivity contribution is 5.92. The van der Waals surface area contributed by atoms with Crippen LogP contribution in [0.3, 0.4) is 0 Å². The first-order chi connectivity index (χ1) is 11.5. The fraction of sp³-hybridized carbons (Fsp3) is 0.444. The molecule has 1 aromatic rings. The lowest BCUT2D eigenvalue weighted by atomic mass is 9.97. The number of ether oxygens (including phenoxy) is 2. The molecule has 2 amide bonds. The van der Waals surface area contributed by atoms with E-state index in [1.807, 2.05) is 19.1 Å². The molecule has 0 radical (unpaired) electrons. The minimum Gasteiger partial charge on any atom is -0.493 e. The van der Waals surface area contributed by atoms with Gasteiger partial charge in [-0.15, -0.1) is 0 Å². The molecule has 1 aliphatic heterocycles. The van der Waals surface area contributed by atoms with Crippen molar-refractivity contribution < 1.29 is 19.1 Å². The summed E-state index contributed by atoms with van der Waals surface area (Å²) in [5.41, 5.74) is 6.19. The van der Waals surface area contributed by atoms with Crippen LogP contribution in [0.5, 0.6) is 11.5 Å². The van der Waals surface area contributed by atoms with E-state index < -0.39 is 0 Å². The van der Waals surface area contributed by atoms with Crippen LogP contribution < -0.4 is 15.2 Å². The molecule has 1 aromatic carbocycles. The minimum absolute atomic E-state index is 0.116. The van der Waals surface area contributed by atoms with Crippen LogP contribution in [0.2, 0.25) is 0 Å². The number of likely N-dealkylation sites (tertiary alicyclic amines) is 1. The van der Waals surface area contributed by atoms with Crippen molar-refractivity contribution in [3.05, 3.63) is 29.8 Å². The van der Waals surface area contributed by atoms with E-state index in [-0.39, 0.29) is 17.7 Å². The number of benzene rings is 1. The van der Waals surface area contributed by atoms with E-state index in [0.29, 0.717) is 31.2 Å². The second-order valence-electron chi connectivity index (χ2n) is 5.70. The Kier molecular flexibility index (Phi) is 6.23. The molecular weight excluding hydrogens is 308 g/mol. The number of hydrogen-bond donors (Lipinski definition) is 1. The zero-order valence-corrected chi connectivity index (χ0v) is 14.2. The molecule has 0 aromatic heterocycles. The van der Waals surface area contributed by atoms with Crippen LogP contribution in [0.15, 0.2) is 24.3 Å². The maximum Gasteiger partial charge on any atom is 0.246 e. The van der Waals surface area contributed by atoms with Crippen molar-refractivity contribution in [3.63, 3.8) is 0 Å². The van der Waals surface area contributed by atoms with Crippen molar-refractivity contribution in [2.75, 3.05) is 26.8 Å². The monoisotopic (exact) mass is 332 g/mol. The number of methoxy groups -OCH3 is 1. The van der Waals surface area contributed by atoms with Gasteiger partial charge in [-0.25, -0.2) is 0 Å². The lowest BCUT2D eigenvalue weighted by Gasteiger charge is -2.30. The Bertz CT molecular complexity index is 627. The van der Waals surface area contributed by atoms with Gasteiger partial charge in [0.15, 0.2) is 11.5 Å². The van der Waals surface area contributed by atoms with Crippen LogP contribution in [0.4, 0.5) is 0 Å². The maximum atomic E-state index is 12.3. The zero-order valence-electron chi connectivity index (χ0n) is 14.2. The summed E-state index contributed by atoms with van der Waals surface area (Å²) >= 11 is 0. The maximum absolute atomic E-state index is 12.3. The van der Waals surface area contributed by atoms with Crippen molar-refractivity contribution in [2.45, 2.75) is 19.8 Å². The average Bonchev–Trinajstić information content (AvgIpc) is 2.60. The van der Waals surface area contributed by atoms with Gasteiger partial charge in [0.05, 0.1) is 19.6 Å². The minimum atomic E-state index is -0.340. The fourth-order valence-electron chi connectivity index (χ4n) is 2.75. The van der Waals surface area contributed by atoms with Crippen LogP contribution in [-0.4, -0.2) is 43.5 Å². The SMILES string of the molecule is CCOc1cc(/C=C/C(=O)N2CCCC(C(N)=O)C2)ccc1OC. The molecule has 1 fully saturated rings. The molecular formula is C18H24N2O4. The highest BCUT2D eigenvalue weighted by Crippen LogP contribution is 2.28. The van der Waals surface area contributed by atoms with Gasteiger partial charge in [-0.05, 0) is 43.5 Å². The van der Waals surface area contributed by atoms with Crippen LogP contribution >= 0.6 is 0 Å². The smallest absolute Gasteiger partial charge is 0.246 e. The molecule has 24 heavy (non-hydrogen) atoms. The van der Waals surface area contributed by atoms with Gasteiger partial charge in [-0.2, -0.15) is 0 Å². The molecule has 0 aliphatic carbocycles. The third-order valence-corrected chi connectivity index (χ3v) is 4.04. The largest absolute Gasteiger partial charge is 0.493 e. The summed E-state index contributed by atoms with van der Waals surface area (Å²) in [4.78, 5) is 25.3. The first-order valence-electron chi connectivity index (χ1n) is 8.12. The average molecular weight is 332 g/mol. The topological polar surface area (TPSA) is 81.9 Å². The number of nitrogens with zero attached hydrogens (tertiary/aromatic N) is 1. The summed E-state index contributed by atoms with van der Waals surface area (Å²) in [6.45, 7) is 3.48. The second-order valence-corrected chi connectivity index (χ2v) is 5.70. The van der Waals surface area contributed by atoms with Crippen LogP contribution in [0, 0.1) is 5.92 Å². The zero-order chi connectivity index (χ0) is 17.5. The van der Waals surface area contributed by atoms with Crippen molar-refractivity contribution in [2.24, 2.45) is 11.7 Å². The summed E-state index contributed by atoms with van der Waals surface area (Å²) in [5, 5.41) is 0. The Morgan fingerprint density at radius 2 is 2.17 bits per heavy atom. The molecule has 1 heterocycles. The van der Waals surface area contributed by atoms with E-state index in [2.05, 4.69) is 0 Å². The molecule has 0 spiro atoms. The summed E-state index contributed by atoms with van der Waals surface area (Å²) in [7, 11) is 1.59. The Balaban J connectivity index is 2.05. The summed E-state index contributed by atoms with van der Waals surface area (Å²) < 4.78 is 10.8. The summed E-state index contributed by atoms with van der Waals surface area (Å²) in [5.74, 6) is 0.589. The van der Waals surface area contributed by atoms with E-state index in [1.54, 1.807) is 24.2 Å². The highest BCUT2D eigenvalue weighted by atomic mass is 16.5. The first kappa shape index (κ1) is 17.8. The first-order valence-corrected chi connectivity index (χ1v) is 8.12. The number of amides is 2. The summed E-state index contributed by atoms with van der Waals surface area (Å²) in [6, 6.07) is 5.49. The van der Waals surface area contributed by atoms with Crippen molar-refractivity contribution in [3.8, 4) is 11.5 Å². The van der Waals surface area contributed by atoms with Crippen molar-refractivity contribution in [1.82, 2.24) is 4.90 Å².